The molecule has 148 valence electrons. The summed E-state index contributed by atoms with van der Waals surface area (Å²) in [4.78, 5) is 22.6. The lowest BCUT2D eigenvalue weighted by Gasteiger charge is -2.14. The fourth-order valence-corrected chi connectivity index (χ4v) is 4.30. The molecule has 0 bridgehead atoms. The van der Waals surface area contributed by atoms with Crippen LogP contribution in [0.5, 0.6) is 5.88 Å². The largest absolute Gasteiger partial charge is 0.478 e. The van der Waals surface area contributed by atoms with Gasteiger partial charge in [-0.05, 0) is 61.0 Å². The number of pyridine rings is 2. The molecule has 0 atom stereocenters. The van der Waals surface area contributed by atoms with Gasteiger partial charge in [0.2, 0.25) is 5.88 Å². The molecule has 7 heteroatoms. The molecule has 5 nitrogen and oxygen atoms in total. The third kappa shape index (κ3) is 3.24. The first kappa shape index (κ1) is 18.8. The second-order valence-electron chi connectivity index (χ2n) is 6.71. The van der Waals surface area contributed by atoms with Crippen molar-refractivity contribution in [1.29, 1.82) is 0 Å². The smallest absolute Gasteiger partial charge is 0.264 e. The number of benzene rings is 2. The van der Waals surface area contributed by atoms with E-state index in [0.717, 1.165) is 21.2 Å². The minimum Gasteiger partial charge on any atom is -0.478 e. The van der Waals surface area contributed by atoms with Crippen molar-refractivity contribution in [2.45, 2.75) is 6.92 Å². The van der Waals surface area contributed by atoms with E-state index < -0.39 is 0 Å². The average molecular weight is 434 g/mol. The van der Waals surface area contributed by atoms with E-state index in [1.165, 1.54) is 0 Å². The number of hydrogen-bond acceptors (Lipinski definition) is 5. The molecule has 3 heterocycles. The number of ether oxygens (including phenoxy) is 1. The minimum absolute atomic E-state index is 0.158. The van der Waals surface area contributed by atoms with Gasteiger partial charge in [0.05, 0.1) is 28.0 Å². The fraction of sp³-hybridized carbons (Fsp3) is 0.0870. The zero-order valence-electron chi connectivity index (χ0n) is 16.0. The zero-order chi connectivity index (χ0) is 20.7. The summed E-state index contributed by atoms with van der Waals surface area (Å²) < 4.78 is 8.21. The van der Waals surface area contributed by atoms with Crippen molar-refractivity contribution in [2.24, 2.45) is 0 Å². The highest BCUT2D eigenvalue weighted by molar-refractivity contribution is 7.16. The molecule has 0 fully saturated rings. The number of thiazole rings is 1. The number of aromatic nitrogens is 3. The summed E-state index contributed by atoms with van der Waals surface area (Å²) in [6.07, 6.45) is 0. The SMILES string of the molecule is CCOc1ccc2cc(-c3ccc4ncsc4c3)c(=O)n(-c3ccc(Cl)cc3)c2n1. The van der Waals surface area contributed by atoms with Crippen LogP contribution < -0.4 is 10.3 Å². The third-order valence-electron chi connectivity index (χ3n) is 4.84. The van der Waals surface area contributed by atoms with Crippen LogP contribution in [0, 0.1) is 0 Å². The lowest BCUT2D eigenvalue weighted by molar-refractivity contribution is 0.328. The van der Waals surface area contributed by atoms with Gasteiger partial charge in [-0.2, -0.15) is 4.98 Å². The van der Waals surface area contributed by atoms with Crippen LogP contribution in [0.15, 0.2) is 71.0 Å². The lowest BCUT2D eigenvalue weighted by Crippen LogP contribution is -2.21. The Labute approximate surface area is 181 Å². The van der Waals surface area contributed by atoms with E-state index in [1.807, 2.05) is 55.5 Å². The predicted molar refractivity (Wildman–Crippen MR) is 122 cm³/mol. The molecule has 0 aliphatic heterocycles. The zero-order valence-corrected chi connectivity index (χ0v) is 17.6. The Morgan fingerprint density at radius 1 is 1.07 bits per heavy atom. The molecule has 3 aromatic heterocycles. The summed E-state index contributed by atoms with van der Waals surface area (Å²) in [5.41, 5.74) is 5.24. The highest BCUT2D eigenvalue weighted by Crippen LogP contribution is 2.28. The molecule has 0 aliphatic carbocycles. The van der Waals surface area contributed by atoms with E-state index in [4.69, 9.17) is 16.3 Å². The third-order valence-corrected chi connectivity index (χ3v) is 5.89. The Balaban J connectivity index is 1.82. The Morgan fingerprint density at radius 3 is 2.70 bits per heavy atom. The first-order valence-corrected chi connectivity index (χ1v) is 10.7. The highest BCUT2D eigenvalue weighted by Gasteiger charge is 2.15. The van der Waals surface area contributed by atoms with E-state index in [-0.39, 0.29) is 5.56 Å². The van der Waals surface area contributed by atoms with E-state index in [1.54, 1.807) is 33.5 Å². The molecule has 0 aliphatic rings. The van der Waals surface area contributed by atoms with Crippen molar-refractivity contribution in [3.05, 3.63) is 81.6 Å². The number of nitrogens with zero attached hydrogens (tertiary/aromatic N) is 3. The summed E-state index contributed by atoms with van der Waals surface area (Å²) in [6, 6.07) is 18.6. The molecule has 2 aromatic carbocycles. The number of hydrogen-bond donors (Lipinski definition) is 0. The maximum Gasteiger partial charge on any atom is 0.264 e. The van der Waals surface area contributed by atoms with E-state index in [9.17, 15) is 4.79 Å². The van der Waals surface area contributed by atoms with Gasteiger partial charge in [0, 0.05) is 22.0 Å². The Bertz CT molecular complexity index is 1440. The molecular weight excluding hydrogens is 418 g/mol. The van der Waals surface area contributed by atoms with Crippen molar-refractivity contribution >= 4 is 44.2 Å². The number of halogens is 1. The van der Waals surface area contributed by atoms with Crippen LogP contribution in [0.1, 0.15) is 6.92 Å². The van der Waals surface area contributed by atoms with Crippen LogP contribution in [0.3, 0.4) is 0 Å². The van der Waals surface area contributed by atoms with Gasteiger partial charge in [0.25, 0.3) is 5.56 Å². The minimum atomic E-state index is -0.158. The Kier molecular flexibility index (Phi) is 4.73. The topological polar surface area (TPSA) is 57.0 Å². The van der Waals surface area contributed by atoms with Crippen molar-refractivity contribution < 1.29 is 4.74 Å². The second kappa shape index (κ2) is 7.55. The second-order valence-corrected chi connectivity index (χ2v) is 8.03. The molecule has 0 amide bonds. The first-order valence-electron chi connectivity index (χ1n) is 9.43. The van der Waals surface area contributed by atoms with Crippen LogP contribution >= 0.6 is 22.9 Å². The van der Waals surface area contributed by atoms with Crippen molar-refractivity contribution in [2.75, 3.05) is 6.61 Å². The van der Waals surface area contributed by atoms with Crippen LogP contribution in [-0.2, 0) is 0 Å². The van der Waals surface area contributed by atoms with Gasteiger partial charge in [-0.15, -0.1) is 11.3 Å². The molecule has 5 rings (SSSR count). The number of rotatable bonds is 4. The van der Waals surface area contributed by atoms with Crippen LogP contribution in [-0.4, -0.2) is 21.1 Å². The molecule has 0 N–H and O–H groups in total. The van der Waals surface area contributed by atoms with Crippen LogP contribution in [0.25, 0.3) is 38.1 Å². The van der Waals surface area contributed by atoms with Gasteiger partial charge in [0.1, 0.15) is 0 Å². The van der Waals surface area contributed by atoms with Gasteiger partial charge in [-0.25, -0.2) is 4.98 Å². The maximum atomic E-state index is 13.6. The Morgan fingerprint density at radius 2 is 1.90 bits per heavy atom. The summed E-state index contributed by atoms with van der Waals surface area (Å²) in [5, 5.41) is 1.44. The van der Waals surface area contributed by atoms with Gasteiger partial charge < -0.3 is 4.74 Å². The normalized spacial score (nSPS) is 11.3. The monoisotopic (exact) mass is 433 g/mol. The molecular formula is C23H16ClN3O2S. The Hall–Kier alpha value is -3.22. The highest BCUT2D eigenvalue weighted by atomic mass is 35.5. The van der Waals surface area contributed by atoms with E-state index in [2.05, 4.69) is 9.97 Å². The average Bonchev–Trinajstić information content (AvgIpc) is 3.22. The molecule has 5 aromatic rings. The van der Waals surface area contributed by atoms with Crippen molar-refractivity contribution in [1.82, 2.24) is 14.5 Å². The van der Waals surface area contributed by atoms with Gasteiger partial charge in [-0.3, -0.25) is 9.36 Å². The van der Waals surface area contributed by atoms with Crippen LogP contribution in [0.4, 0.5) is 0 Å². The van der Waals surface area contributed by atoms with Crippen LogP contribution in [0.2, 0.25) is 5.02 Å². The summed E-state index contributed by atoms with van der Waals surface area (Å²) in [6.45, 7) is 2.40. The molecule has 0 saturated carbocycles. The fourth-order valence-electron chi connectivity index (χ4n) is 3.45. The maximum absolute atomic E-state index is 13.6. The lowest BCUT2D eigenvalue weighted by atomic mass is 10.1. The summed E-state index contributed by atoms with van der Waals surface area (Å²) in [7, 11) is 0. The van der Waals surface area contributed by atoms with Crippen molar-refractivity contribution in [3.8, 4) is 22.7 Å². The molecule has 30 heavy (non-hydrogen) atoms. The van der Waals surface area contributed by atoms with Gasteiger partial charge in [0.15, 0.2) is 5.65 Å². The summed E-state index contributed by atoms with van der Waals surface area (Å²) in [5.74, 6) is 0.478. The first-order chi connectivity index (χ1) is 14.6. The van der Waals surface area contributed by atoms with E-state index >= 15 is 0 Å². The quantitative estimate of drug-likeness (QED) is 0.364. The van der Waals surface area contributed by atoms with E-state index in [0.29, 0.717) is 34.4 Å². The number of fused-ring (bicyclic) bond motifs is 2. The summed E-state index contributed by atoms with van der Waals surface area (Å²) >= 11 is 7.62. The predicted octanol–water partition coefficient (Wildman–Crippen LogP) is 5.71. The van der Waals surface area contributed by atoms with Gasteiger partial charge >= 0.3 is 0 Å². The molecule has 0 saturated heterocycles. The standard InChI is InChI=1S/C23H16ClN3O2S/c1-2-29-21-10-4-15-11-18(14-3-9-19-20(12-14)30-13-25-19)23(28)27(22(15)26-21)17-7-5-16(24)6-8-17/h3-13H,2H2,1H3. The van der Waals surface area contributed by atoms with Gasteiger partial charge in [-0.1, -0.05) is 17.7 Å². The van der Waals surface area contributed by atoms with Crippen molar-refractivity contribution in [3.63, 3.8) is 0 Å². The molecule has 0 spiro atoms. The molecule has 0 radical (unpaired) electrons. The molecule has 0 unspecified atom stereocenters.